The van der Waals surface area contributed by atoms with Crippen molar-refractivity contribution in [3.8, 4) is 0 Å². The number of halogens is 1. The number of thiazole rings is 1. The molecular weight excluding hydrogens is 373 g/mol. The van der Waals surface area contributed by atoms with Gasteiger partial charge in [-0.1, -0.05) is 6.07 Å². The summed E-state index contributed by atoms with van der Waals surface area (Å²) in [5, 5.41) is 13.7. The Labute approximate surface area is 157 Å². The maximum Gasteiger partial charge on any atom is 0.355 e. The Kier molecular flexibility index (Phi) is 4.39. The fraction of sp³-hybridized carbons (Fsp3) is 0.333. The van der Waals surface area contributed by atoms with E-state index in [4.69, 9.17) is 5.11 Å². The number of aromatic carboxylic acids is 1. The first-order chi connectivity index (χ1) is 12.9. The number of hydrogen-bond acceptors (Lipinski definition) is 5. The van der Waals surface area contributed by atoms with Gasteiger partial charge in [-0.25, -0.2) is 14.2 Å². The minimum Gasteiger partial charge on any atom is -0.476 e. The van der Waals surface area contributed by atoms with Crippen LogP contribution in [0.4, 0.5) is 10.1 Å². The van der Waals surface area contributed by atoms with Crippen molar-refractivity contribution >= 4 is 34.8 Å². The van der Waals surface area contributed by atoms with Gasteiger partial charge in [-0.3, -0.25) is 9.59 Å². The van der Waals surface area contributed by atoms with Crippen molar-refractivity contribution in [2.45, 2.75) is 31.2 Å². The van der Waals surface area contributed by atoms with Crippen LogP contribution < -0.4 is 5.32 Å². The van der Waals surface area contributed by atoms with Crippen molar-refractivity contribution in [2.24, 2.45) is 0 Å². The molecule has 0 saturated carbocycles. The Morgan fingerprint density at radius 2 is 2.19 bits per heavy atom. The van der Waals surface area contributed by atoms with Crippen LogP contribution in [0.2, 0.25) is 0 Å². The molecule has 1 aromatic heterocycles. The highest BCUT2D eigenvalue weighted by atomic mass is 32.1. The van der Waals surface area contributed by atoms with Crippen LogP contribution >= 0.6 is 11.3 Å². The predicted molar refractivity (Wildman–Crippen MR) is 95.1 cm³/mol. The second kappa shape index (κ2) is 6.73. The number of benzene rings is 1. The third-order valence-corrected chi connectivity index (χ3v) is 5.86. The number of carbonyl (C=O) groups excluding carboxylic acids is 2. The van der Waals surface area contributed by atoms with Gasteiger partial charge in [-0.15, -0.1) is 11.3 Å². The van der Waals surface area contributed by atoms with Crippen LogP contribution in [0.15, 0.2) is 23.6 Å². The van der Waals surface area contributed by atoms with E-state index in [1.807, 2.05) is 0 Å². The Morgan fingerprint density at radius 1 is 1.37 bits per heavy atom. The number of nitrogens with one attached hydrogen (secondary N) is 1. The molecule has 1 fully saturated rings. The largest absolute Gasteiger partial charge is 0.476 e. The lowest BCUT2D eigenvalue weighted by molar-refractivity contribution is -0.135. The van der Waals surface area contributed by atoms with E-state index in [1.54, 1.807) is 4.90 Å². The molecule has 2 atom stereocenters. The first kappa shape index (κ1) is 17.6. The zero-order valence-corrected chi connectivity index (χ0v) is 15.0. The molecule has 2 amide bonds. The molecular formula is C18H16FN3O4S. The Balaban J connectivity index is 1.63. The topological polar surface area (TPSA) is 99.6 Å². The maximum atomic E-state index is 13.5. The van der Waals surface area contributed by atoms with Gasteiger partial charge in [0.15, 0.2) is 5.69 Å². The molecule has 3 heterocycles. The predicted octanol–water partition coefficient (Wildman–Crippen LogP) is 2.77. The summed E-state index contributed by atoms with van der Waals surface area (Å²) in [7, 11) is 0. The monoisotopic (exact) mass is 389 g/mol. The number of likely N-dealkylation sites (tertiary alicyclic amines) is 1. The molecule has 2 unspecified atom stereocenters. The average Bonchev–Trinajstić information content (AvgIpc) is 3.29. The van der Waals surface area contributed by atoms with Crippen molar-refractivity contribution in [1.29, 1.82) is 0 Å². The molecule has 9 heteroatoms. The molecule has 0 spiro atoms. The third kappa shape index (κ3) is 3.18. The van der Waals surface area contributed by atoms with Crippen molar-refractivity contribution < 1.29 is 23.9 Å². The molecule has 2 aliphatic heterocycles. The highest BCUT2D eigenvalue weighted by Gasteiger charge is 2.39. The van der Waals surface area contributed by atoms with E-state index in [0.29, 0.717) is 29.2 Å². The molecule has 2 aromatic rings. The van der Waals surface area contributed by atoms with Gasteiger partial charge in [-0.2, -0.15) is 0 Å². The number of nitrogens with zero attached hydrogens (tertiary/aromatic N) is 2. The first-order valence-electron chi connectivity index (χ1n) is 8.52. The Hall–Kier alpha value is -2.81. The second-order valence-corrected chi connectivity index (χ2v) is 7.49. The van der Waals surface area contributed by atoms with Gasteiger partial charge in [0.1, 0.15) is 10.8 Å². The van der Waals surface area contributed by atoms with Crippen molar-refractivity contribution in [1.82, 2.24) is 9.88 Å². The summed E-state index contributed by atoms with van der Waals surface area (Å²) >= 11 is 1.22. The van der Waals surface area contributed by atoms with Crippen LogP contribution in [0.25, 0.3) is 0 Å². The molecule has 4 rings (SSSR count). The van der Waals surface area contributed by atoms with Crippen LogP contribution in [0, 0.1) is 5.82 Å². The average molecular weight is 389 g/mol. The molecule has 0 bridgehead atoms. The van der Waals surface area contributed by atoms with Crippen LogP contribution in [0.3, 0.4) is 0 Å². The number of hydrogen-bond donors (Lipinski definition) is 2. The maximum absolute atomic E-state index is 13.5. The lowest BCUT2D eigenvalue weighted by Crippen LogP contribution is -2.38. The summed E-state index contributed by atoms with van der Waals surface area (Å²) in [6, 6.07) is 3.72. The van der Waals surface area contributed by atoms with Crippen molar-refractivity contribution in [3.63, 3.8) is 0 Å². The standard InChI is InChI=1S/C18H16FN3O4S/c19-9-3-4-10-11(7-15(23)20-12(10)6-9)17(24)22-5-1-2-14(22)16-21-13(8-27-16)18(25)26/h3-4,6,8,11,14H,1-2,5,7H2,(H,20,23)(H,25,26). The summed E-state index contributed by atoms with van der Waals surface area (Å²) in [4.78, 5) is 42.1. The quantitative estimate of drug-likeness (QED) is 0.841. The molecule has 7 nitrogen and oxygen atoms in total. The van der Waals surface area contributed by atoms with Crippen molar-refractivity contribution in [3.05, 3.63) is 45.7 Å². The van der Waals surface area contributed by atoms with Gasteiger partial charge in [0.05, 0.1) is 12.0 Å². The number of carbonyl (C=O) groups is 3. The van der Waals surface area contributed by atoms with Gasteiger partial charge in [-0.05, 0) is 30.5 Å². The summed E-state index contributed by atoms with van der Waals surface area (Å²) in [5.74, 6) is -2.82. The van der Waals surface area contributed by atoms with Crippen molar-refractivity contribution in [2.75, 3.05) is 11.9 Å². The van der Waals surface area contributed by atoms with Crippen LogP contribution in [0.5, 0.6) is 0 Å². The van der Waals surface area contributed by atoms with E-state index in [2.05, 4.69) is 10.3 Å². The first-order valence-corrected chi connectivity index (χ1v) is 9.40. The lowest BCUT2D eigenvalue weighted by Gasteiger charge is -2.31. The van der Waals surface area contributed by atoms with E-state index >= 15 is 0 Å². The SMILES string of the molecule is O=C1CC(C(=O)N2CCCC2c2nc(C(=O)O)cs2)c2ccc(F)cc2N1. The number of rotatable bonds is 3. The number of carboxylic acids is 1. The van der Waals surface area contributed by atoms with E-state index in [-0.39, 0.29) is 30.0 Å². The molecule has 1 saturated heterocycles. The number of carboxylic acid groups (broad SMARTS) is 1. The summed E-state index contributed by atoms with van der Waals surface area (Å²) < 4.78 is 13.5. The van der Waals surface area contributed by atoms with Gasteiger partial charge in [0.25, 0.3) is 0 Å². The number of amides is 2. The Morgan fingerprint density at radius 3 is 2.93 bits per heavy atom. The van der Waals surface area contributed by atoms with Gasteiger partial charge < -0.3 is 15.3 Å². The van der Waals surface area contributed by atoms with E-state index < -0.39 is 17.7 Å². The van der Waals surface area contributed by atoms with Crippen LogP contribution in [-0.2, 0) is 9.59 Å². The minimum atomic E-state index is -1.10. The molecule has 1 aromatic carbocycles. The minimum absolute atomic E-state index is 0.00106. The Bertz CT molecular complexity index is 944. The number of fused-ring (bicyclic) bond motifs is 1. The van der Waals surface area contributed by atoms with Gasteiger partial charge >= 0.3 is 5.97 Å². The van der Waals surface area contributed by atoms with Gasteiger partial charge in [0, 0.05) is 24.0 Å². The third-order valence-electron chi connectivity index (χ3n) is 4.91. The lowest BCUT2D eigenvalue weighted by atomic mass is 9.89. The highest BCUT2D eigenvalue weighted by molar-refractivity contribution is 7.09. The summed E-state index contributed by atoms with van der Waals surface area (Å²) in [5.41, 5.74) is 0.881. The summed E-state index contributed by atoms with van der Waals surface area (Å²) in [6.07, 6.45) is 1.46. The zero-order valence-electron chi connectivity index (χ0n) is 14.1. The summed E-state index contributed by atoms with van der Waals surface area (Å²) in [6.45, 7) is 0.514. The smallest absolute Gasteiger partial charge is 0.355 e. The van der Waals surface area contributed by atoms with Gasteiger partial charge in [0.2, 0.25) is 11.8 Å². The second-order valence-electron chi connectivity index (χ2n) is 6.60. The highest BCUT2D eigenvalue weighted by Crippen LogP contribution is 2.39. The molecule has 2 N–H and O–H groups in total. The number of aromatic nitrogens is 1. The van der Waals surface area contributed by atoms with E-state index in [1.165, 1.54) is 34.9 Å². The molecule has 0 radical (unpaired) electrons. The fourth-order valence-electron chi connectivity index (χ4n) is 3.68. The molecule has 0 aliphatic carbocycles. The van der Waals surface area contributed by atoms with E-state index in [0.717, 1.165) is 6.42 Å². The fourth-order valence-corrected chi connectivity index (χ4v) is 4.62. The molecule has 2 aliphatic rings. The molecule has 140 valence electrons. The van der Waals surface area contributed by atoms with Crippen LogP contribution in [0.1, 0.15) is 52.3 Å². The normalized spacial score (nSPS) is 21.7. The van der Waals surface area contributed by atoms with Crippen LogP contribution in [-0.4, -0.2) is 39.3 Å². The zero-order chi connectivity index (χ0) is 19.1. The number of anilines is 1. The molecule has 27 heavy (non-hydrogen) atoms. The van der Waals surface area contributed by atoms with E-state index in [9.17, 15) is 18.8 Å².